The van der Waals surface area contributed by atoms with Gasteiger partial charge in [-0.2, -0.15) is 0 Å². The zero-order valence-electron chi connectivity index (χ0n) is 28.0. The van der Waals surface area contributed by atoms with Gasteiger partial charge in [-0.3, -0.25) is 9.59 Å². The van der Waals surface area contributed by atoms with Crippen LogP contribution in [0.25, 0.3) is 0 Å². The van der Waals surface area contributed by atoms with E-state index in [2.05, 4.69) is 45.3 Å². The molecule has 0 spiro atoms. The summed E-state index contributed by atoms with van der Waals surface area (Å²) in [6, 6.07) is -0.323. The summed E-state index contributed by atoms with van der Waals surface area (Å²) >= 11 is 0. The fourth-order valence-electron chi connectivity index (χ4n) is 4.92. The van der Waals surface area contributed by atoms with Crippen LogP contribution in [0.1, 0.15) is 95.9 Å². The minimum absolute atomic E-state index is 0.0982. The predicted octanol–water partition coefficient (Wildman–Crippen LogP) is 4.58. The number of nitrogens with one attached hydrogen (secondary N) is 2. The van der Waals surface area contributed by atoms with E-state index in [1.54, 1.807) is 13.8 Å². The fraction of sp³-hybridized carbons (Fsp3) is 0.900. The first-order valence-electron chi connectivity index (χ1n) is 14.8. The lowest BCUT2D eigenvalue weighted by Crippen LogP contribution is -2.60. The Morgan fingerprint density at radius 3 is 1.80 bits per heavy atom. The highest BCUT2D eigenvalue weighted by Crippen LogP contribution is 2.42. The summed E-state index contributed by atoms with van der Waals surface area (Å²) in [5.74, 6) is -0.634. The molecule has 0 fully saturated rings. The molecule has 0 saturated carbocycles. The number of ether oxygens (including phenoxy) is 1. The average molecular weight is 587 g/mol. The van der Waals surface area contributed by atoms with Gasteiger partial charge >= 0.3 is 6.09 Å². The lowest BCUT2D eigenvalue weighted by atomic mass is 9.66. The van der Waals surface area contributed by atoms with E-state index in [-0.39, 0.29) is 41.7 Å². The second-order valence-corrected chi connectivity index (χ2v) is 17.4. The quantitative estimate of drug-likeness (QED) is 0.207. The molecule has 0 aliphatic rings. The highest BCUT2D eigenvalue weighted by Gasteiger charge is 2.49. The summed E-state index contributed by atoms with van der Waals surface area (Å²) in [4.78, 5) is 39.2. The second-order valence-electron chi connectivity index (χ2n) is 15.0. The van der Waals surface area contributed by atoms with Crippen molar-refractivity contribution in [1.82, 2.24) is 10.6 Å². The van der Waals surface area contributed by atoms with Gasteiger partial charge in [0.2, 0.25) is 5.91 Å². The Bertz CT molecular complexity index is 833. The molecule has 4 atom stereocenters. The van der Waals surface area contributed by atoms with Crippen molar-refractivity contribution in [1.29, 1.82) is 0 Å². The van der Waals surface area contributed by atoms with E-state index in [1.165, 1.54) is 0 Å². The number of carbonyl (C=O) groups is 3. The molecule has 236 valence electrons. The number of hydrogen-bond donors (Lipinski definition) is 4. The average Bonchev–Trinajstić information content (AvgIpc) is 2.74. The molecule has 0 unspecified atom stereocenters. The molecule has 0 radical (unpaired) electrons. The van der Waals surface area contributed by atoms with E-state index >= 15 is 0 Å². The molecular weight excluding hydrogens is 524 g/mol. The lowest BCUT2D eigenvalue weighted by Gasteiger charge is -2.47. The molecule has 40 heavy (non-hydrogen) atoms. The van der Waals surface area contributed by atoms with Gasteiger partial charge in [0.05, 0.1) is 5.41 Å². The van der Waals surface area contributed by atoms with Crippen LogP contribution in [0.15, 0.2) is 0 Å². The third-order valence-electron chi connectivity index (χ3n) is 7.75. The number of nitrogens with two attached hydrogens (primary N) is 2. The minimum atomic E-state index is -1.73. The zero-order valence-corrected chi connectivity index (χ0v) is 29.1. The first-order chi connectivity index (χ1) is 17.9. The Morgan fingerprint density at radius 2 is 1.45 bits per heavy atom. The molecule has 0 aromatic carbocycles. The van der Waals surface area contributed by atoms with Gasteiger partial charge in [-0.1, -0.05) is 48.5 Å². The number of primary amides is 1. The predicted molar refractivity (Wildman–Crippen MR) is 166 cm³/mol. The van der Waals surface area contributed by atoms with Crippen molar-refractivity contribution < 1.29 is 23.5 Å². The largest absolute Gasteiger partial charge is 0.444 e. The molecule has 6 N–H and O–H groups in total. The van der Waals surface area contributed by atoms with E-state index in [4.69, 9.17) is 20.6 Å². The van der Waals surface area contributed by atoms with Crippen LogP contribution < -0.4 is 22.1 Å². The van der Waals surface area contributed by atoms with Crippen molar-refractivity contribution in [3.05, 3.63) is 0 Å². The van der Waals surface area contributed by atoms with Gasteiger partial charge in [-0.25, -0.2) is 4.79 Å². The van der Waals surface area contributed by atoms with Gasteiger partial charge in [0, 0.05) is 12.6 Å². The maximum Gasteiger partial charge on any atom is 0.407 e. The maximum atomic E-state index is 14.1. The van der Waals surface area contributed by atoms with Crippen molar-refractivity contribution in [2.45, 2.75) is 126 Å². The van der Waals surface area contributed by atoms with Crippen molar-refractivity contribution in [3.8, 4) is 0 Å². The fourth-order valence-corrected chi connectivity index (χ4v) is 6.23. The Balaban J connectivity index is 6.82. The van der Waals surface area contributed by atoms with Crippen molar-refractivity contribution in [2.75, 3.05) is 13.1 Å². The molecule has 0 rings (SSSR count). The molecular formula is C30H62N4O5Si. The van der Waals surface area contributed by atoms with Gasteiger partial charge in [-0.15, -0.1) is 0 Å². The maximum absolute atomic E-state index is 14.1. The molecule has 0 aliphatic carbocycles. The third-order valence-corrected chi connectivity index (χ3v) is 8.64. The van der Waals surface area contributed by atoms with Gasteiger partial charge < -0.3 is 31.3 Å². The lowest BCUT2D eigenvalue weighted by molar-refractivity contribution is -0.146. The van der Waals surface area contributed by atoms with Crippen LogP contribution in [0.2, 0.25) is 13.1 Å². The van der Waals surface area contributed by atoms with Gasteiger partial charge in [0.1, 0.15) is 11.2 Å². The zero-order chi connectivity index (χ0) is 31.9. The van der Waals surface area contributed by atoms with Crippen LogP contribution in [0.5, 0.6) is 0 Å². The van der Waals surface area contributed by atoms with Crippen LogP contribution in [0.3, 0.4) is 0 Å². The number of carbonyl (C=O) groups excluding carboxylic acids is 3. The molecule has 3 amide bonds. The van der Waals surface area contributed by atoms with E-state index < -0.39 is 37.7 Å². The first-order valence-corrected chi connectivity index (χ1v) is 17.6. The number of amides is 3. The van der Waals surface area contributed by atoms with Gasteiger partial charge in [0.15, 0.2) is 9.04 Å². The summed E-state index contributed by atoms with van der Waals surface area (Å²) in [6.07, 6.45) is 0.519. The smallest absolute Gasteiger partial charge is 0.407 e. The summed E-state index contributed by atoms with van der Waals surface area (Å²) < 4.78 is 12.3. The van der Waals surface area contributed by atoms with Crippen LogP contribution >= 0.6 is 0 Å². The summed E-state index contributed by atoms with van der Waals surface area (Å²) in [6.45, 7) is 28.2. The Kier molecular flexibility index (Phi) is 14.4. The van der Waals surface area contributed by atoms with E-state index in [9.17, 15) is 14.4 Å². The third kappa shape index (κ3) is 12.1. The molecule has 10 heteroatoms. The summed E-state index contributed by atoms with van der Waals surface area (Å²) in [5.41, 5.74) is 8.72. The summed E-state index contributed by atoms with van der Waals surface area (Å²) in [5, 5.41) is 6.17. The summed E-state index contributed by atoms with van der Waals surface area (Å²) in [7, 11) is -1.73. The Labute approximate surface area is 246 Å². The van der Waals surface area contributed by atoms with Crippen LogP contribution in [-0.4, -0.2) is 57.3 Å². The molecule has 0 saturated heterocycles. The van der Waals surface area contributed by atoms with Gasteiger partial charge in [0.25, 0.3) is 5.91 Å². The molecule has 0 aromatic heterocycles. The molecule has 0 aromatic rings. The molecule has 0 aliphatic heterocycles. The first kappa shape index (κ1) is 38.3. The van der Waals surface area contributed by atoms with E-state index in [1.807, 2.05) is 47.7 Å². The van der Waals surface area contributed by atoms with E-state index in [0.29, 0.717) is 25.3 Å². The number of hydrogen-bond acceptors (Lipinski definition) is 6. The monoisotopic (exact) mass is 586 g/mol. The van der Waals surface area contributed by atoms with Crippen LogP contribution in [-0.2, 0) is 18.8 Å². The highest BCUT2D eigenvalue weighted by molar-refractivity contribution is 6.48. The van der Waals surface area contributed by atoms with Crippen LogP contribution in [0.4, 0.5) is 4.79 Å². The van der Waals surface area contributed by atoms with Crippen molar-refractivity contribution in [2.24, 2.45) is 46.0 Å². The Morgan fingerprint density at radius 1 is 0.925 bits per heavy atom. The van der Waals surface area contributed by atoms with Crippen molar-refractivity contribution in [3.63, 3.8) is 0 Å². The Hall–Kier alpha value is -1.65. The highest BCUT2D eigenvalue weighted by atomic mass is 28.3. The van der Waals surface area contributed by atoms with Crippen LogP contribution in [0, 0.1) is 34.5 Å². The SMILES string of the molecule is CC(C)[C@@H](CN)C[C@H](NC(=O)OC(C)(C)C)[C@@H](C[C@@](O[SiH](C)C)(C(=O)NCC(C)(C)C(N)=O)C(C)C)C(C)(C)C. The minimum Gasteiger partial charge on any atom is -0.444 e. The molecule has 9 nitrogen and oxygen atoms in total. The topological polar surface area (TPSA) is 146 Å². The van der Waals surface area contributed by atoms with E-state index in [0.717, 1.165) is 0 Å². The van der Waals surface area contributed by atoms with Crippen molar-refractivity contribution >= 4 is 26.9 Å². The molecule has 0 heterocycles. The standard InChI is InChI=1S/C30H62N4O5Si/c1-19(2)21(17-31)15-23(34-26(37)38-28(8,9)10)22(27(5,6)7)16-30(20(3)4,39-40(13)14)25(36)33-18-29(11,12)24(32)35/h19-23,40H,15-18,31H2,1-14H3,(H2,32,35)(H,33,36)(H,34,37)/t21-,22-,23+,30+/m1/s1. The normalized spacial score (nSPS) is 16.9. The van der Waals surface area contributed by atoms with Gasteiger partial charge in [-0.05, 0) is 96.2 Å². The second kappa shape index (κ2) is 15.0. The number of rotatable bonds is 15. The molecule has 0 bridgehead atoms. The number of alkyl carbamates (subject to hydrolysis) is 1.